The van der Waals surface area contributed by atoms with Gasteiger partial charge in [0.1, 0.15) is 12.1 Å². The van der Waals surface area contributed by atoms with Crippen LogP contribution in [0.1, 0.15) is 13.3 Å². The van der Waals surface area contributed by atoms with Crippen molar-refractivity contribution in [3.05, 3.63) is 0 Å². The van der Waals surface area contributed by atoms with Gasteiger partial charge in [0, 0.05) is 0 Å². The molecule has 0 saturated carbocycles. The Bertz CT molecular complexity index is 202. The molecule has 0 aliphatic carbocycles. The van der Waals surface area contributed by atoms with Crippen molar-refractivity contribution < 1.29 is 65.0 Å². The van der Waals surface area contributed by atoms with Crippen LogP contribution < -0.4 is 34.7 Å². The Kier molecular flexibility index (Phi) is 6.41. The van der Waals surface area contributed by atoms with Crippen LogP contribution in [0.4, 0.5) is 0 Å². The molecule has 1 atom stereocenters. The number of rotatable bonds is 4. The summed E-state index contributed by atoms with van der Waals surface area (Å²) in [6.45, 7) is 1.29. The second kappa shape index (κ2) is 5.38. The molecule has 1 unspecified atom stereocenters. The number of aliphatic hydroxyl groups is 5. The van der Waals surface area contributed by atoms with Crippen molar-refractivity contribution in [2.45, 2.75) is 31.0 Å². The van der Waals surface area contributed by atoms with E-state index in [1.807, 2.05) is 0 Å². The molecule has 0 aliphatic heterocycles. The van der Waals surface area contributed by atoms with E-state index in [0.717, 1.165) is 0 Å². The van der Waals surface area contributed by atoms with Gasteiger partial charge in [0.05, 0.1) is 0 Å². The zero-order valence-corrected chi connectivity index (χ0v) is 9.84. The van der Waals surface area contributed by atoms with E-state index in [4.69, 9.17) is 25.5 Å². The van der Waals surface area contributed by atoms with Crippen molar-refractivity contribution in [3.8, 4) is 0 Å². The second-order valence-corrected chi connectivity index (χ2v) is 2.61. The first kappa shape index (κ1) is 16.7. The van der Waals surface area contributed by atoms with Crippen molar-refractivity contribution >= 4 is 5.97 Å². The smallest absolute Gasteiger partial charge is 0.544 e. The summed E-state index contributed by atoms with van der Waals surface area (Å²) in [7, 11) is 0. The fourth-order valence-electron chi connectivity index (χ4n) is 0.667. The van der Waals surface area contributed by atoms with Crippen molar-refractivity contribution in [1.29, 1.82) is 0 Å². The Balaban J connectivity index is 0. The Morgan fingerprint density at radius 2 is 1.71 bits per heavy atom. The summed E-state index contributed by atoms with van der Waals surface area (Å²) in [5.74, 6) is -9.99. The molecule has 0 aromatic heterocycles. The number of hydrogen-bond acceptors (Lipinski definition) is 7. The van der Waals surface area contributed by atoms with Crippen molar-refractivity contribution in [2.75, 3.05) is 0 Å². The number of carbonyl (C=O) groups excluding carboxylic acids is 1. The molecule has 14 heavy (non-hydrogen) atoms. The number of aliphatic hydroxyl groups excluding tert-OH is 1. The van der Waals surface area contributed by atoms with Gasteiger partial charge in [-0.15, -0.1) is 0 Å². The van der Waals surface area contributed by atoms with Crippen molar-refractivity contribution in [2.24, 2.45) is 0 Å². The van der Waals surface area contributed by atoms with E-state index in [1.165, 1.54) is 6.92 Å². The minimum atomic E-state index is -3.91. The van der Waals surface area contributed by atoms with Gasteiger partial charge in [-0.2, -0.15) is 0 Å². The normalized spacial score (nSPS) is 14.4. The fourth-order valence-corrected chi connectivity index (χ4v) is 0.667. The summed E-state index contributed by atoms with van der Waals surface area (Å²) in [5, 5.41) is 53.9. The predicted octanol–water partition coefficient (Wildman–Crippen LogP) is -7.13. The van der Waals surface area contributed by atoms with E-state index in [-0.39, 0.29) is 36.0 Å². The Morgan fingerprint density at radius 1 is 1.36 bits per heavy atom. The molecule has 0 heterocycles. The number of carboxylic acid groups (broad SMARTS) is 1. The quantitative estimate of drug-likeness (QED) is 0.233. The maximum Gasteiger partial charge on any atom is 1.00 e. The van der Waals surface area contributed by atoms with Crippen LogP contribution in [0.5, 0.6) is 0 Å². The summed E-state index contributed by atoms with van der Waals surface area (Å²) in [5.41, 5.74) is 0. The number of aliphatic carboxylic acids is 1. The van der Waals surface area contributed by atoms with Crippen LogP contribution in [0.3, 0.4) is 0 Å². The third-order valence-electron chi connectivity index (χ3n) is 1.65. The van der Waals surface area contributed by atoms with Crippen LogP contribution in [0, 0.1) is 0 Å². The Hall–Kier alpha value is 0.270. The van der Waals surface area contributed by atoms with E-state index in [9.17, 15) is 9.90 Å². The molecular formula is C6H11NaO7. The van der Waals surface area contributed by atoms with E-state index in [2.05, 4.69) is 0 Å². The summed E-state index contributed by atoms with van der Waals surface area (Å²) < 4.78 is 0. The average molecular weight is 218 g/mol. The molecule has 0 amide bonds. The number of carbonyl (C=O) groups is 1. The SMILES string of the molecule is CCC(O)C(O)(O)C(O)(O)C(=O)[O-].[Na+]. The molecule has 0 radical (unpaired) electrons. The maximum absolute atomic E-state index is 10.0. The number of hydrogen-bond donors (Lipinski definition) is 5. The van der Waals surface area contributed by atoms with Gasteiger partial charge in [0.15, 0.2) is 0 Å². The van der Waals surface area contributed by atoms with Crippen LogP contribution >= 0.6 is 0 Å². The predicted molar refractivity (Wildman–Crippen MR) is 35.6 cm³/mol. The van der Waals surface area contributed by atoms with Gasteiger partial charge in [0.2, 0.25) is 0 Å². The number of carboxylic acids is 1. The van der Waals surface area contributed by atoms with Crippen molar-refractivity contribution in [3.63, 3.8) is 0 Å². The van der Waals surface area contributed by atoms with Gasteiger partial charge in [-0.05, 0) is 6.42 Å². The molecule has 8 heteroatoms. The minimum Gasteiger partial charge on any atom is -0.544 e. The van der Waals surface area contributed by atoms with E-state index in [0.29, 0.717) is 0 Å². The molecule has 0 spiro atoms. The van der Waals surface area contributed by atoms with Crippen LogP contribution in [0.2, 0.25) is 0 Å². The van der Waals surface area contributed by atoms with Gasteiger partial charge < -0.3 is 35.4 Å². The first-order valence-corrected chi connectivity index (χ1v) is 3.46. The van der Waals surface area contributed by atoms with E-state index >= 15 is 0 Å². The van der Waals surface area contributed by atoms with E-state index < -0.39 is 23.6 Å². The summed E-state index contributed by atoms with van der Waals surface area (Å²) >= 11 is 0. The van der Waals surface area contributed by atoms with Gasteiger partial charge in [-0.25, -0.2) is 0 Å². The van der Waals surface area contributed by atoms with Crippen LogP contribution in [0.25, 0.3) is 0 Å². The average Bonchev–Trinajstić information content (AvgIpc) is 2.02. The second-order valence-electron chi connectivity index (χ2n) is 2.61. The minimum absolute atomic E-state index is 0. The molecule has 78 valence electrons. The van der Waals surface area contributed by atoms with E-state index in [1.54, 1.807) is 0 Å². The van der Waals surface area contributed by atoms with Crippen molar-refractivity contribution in [1.82, 2.24) is 0 Å². The standard InChI is InChI=1S/C6H12O7.Na/c1-2-3(7)5(10,11)6(12,13)4(8)9;/h3,7,10-13H,2H2,1H3,(H,8,9);/q;+1/p-1. The summed E-state index contributed by atoms with van der Waals surface area (Å²) in [6, 6.07) is 0. The summed E-state index contributed by atoms with van der Waals surface area (Å²) in [6.07, 6.45) is -2.29. The third kappa shape index (κ3) is 2.88. The molecular weight excluding hydrogens is 207 g/mol. The third-order valence-corrected chi connectivity index (χ3v) is 1.65. The molecule has 0 saturated heterocycles. The van der Waals surface area contributed by atoms with Gasteiger partial charge in [-0.3, -0.25) is 0 Å². The maximum atomic E-state index is 10.0. The Morgan fingerprint density at radius 3 is 1.93 bits per heavy atom. The monoisotopic (exact) mass is 218 g/mol. The molecule has 7 nitrogen and oxygen atoms in total. The molecule has 0 fully saturated rings. The molecule has 0 aromatic carbocycles. The topological polar surface area (TPSA) is 141 Å². The first-order chi connectivity index (χ1) is 5.67. The largest absolute Gasteiger partial charge is 1.00 e. The van der Waals surface area contributed by atoms with Crippen LogP contribution in [-0.2, 0) is 4.79 Å². The van der Waals surface area contributed by atoms with Gasteiger partial charge in [0.25, 0.3) is 11.6 Å². The molecule has 0 aliphatic rings. The molecule has 0 aromatic rings. The molecule has 0 bridgehead atoms. The fraction of sp³-hybridized carbons (Fsp3) is 0.833. The first-order valence-electron chi connectivity index (χ1n) is 3.46. The van der Waals surface area contributed by atoms with Crippen LogP contribution in [0.15, 0.2) is 0 Å². The van der Waals surface area contributed by atoms with Crippen LogP contribution in [-0.4, -0.2) is 49.2 Å². The van der Waals surface area contributed by atoms with Gasteiger partial charge >= 0.3 is 29.6 Å². The molecule has 0 rings (SSSR count). The zero-order valence-electron chi connectivity index (χ0n) is 7.84. The Labute approximate surface area is 102 Å². The zero-order chi connectivity index (χ0) is 10.9. The van der Waals surface area contributed by atoms with Gasteiger partial charge in [-0.1, -0.05) is 6.92 Å². The summed E-state index contributed by atoms with van der Waals surface area (Å²) in [4.78, 5) is 10.0. The molecule has 5 N–H and O–H groups in total.